The van der Waals surface area contributed by atoms with Crippen LogP contribution in [0, 0.1) is 5.92 Å². The zero-order chi connectivity index (χ0) is 5.70. The first-order valence-electron chi connectivity index (χ1n) is 2.50. The summed E-state index contributed by atoms with van der Waals surface area (Å²) < 4.78 is 0. The molecule has 0 aromatic heterocycles. The third kappa shape index (κ3) is 4.56. The SMILES string of the molecule is CC(CS)CC[S]. The summed E-state index contributed by atoms with van der Waals surface area (Å²) in [5.74, 6) is 2.55. The van der Waals surface area contributed by atoms with Crippen molar-refractivity contribution in [2.75, 3.05) is 11.5 Å². The van der Waals surface area contributed by atoms with Gasteiger partial charge in [-0.15, -0.1) is 0 Å². The topological polar surface area (TPSA) is 0 Å². The van der Waals surface area contributed by atoms with Crippen molar-refractivity contribution in [2.24, 2.45) is 5.92 Å². The van der Waals surface area contributed by atoms with Gasteiger partial charge in [-0.05, 0) is 18.1 Å². The lowest BCUT2D eigenvalue weighted by Crippen LogP contribution is -1.95. The van der Waals surface area contributed by atoms with Crippen molar-refractivity contribution in [1.29, 1.82) is 0 Å². The van der Waals surface area contributed by atoms with E-state index < -0.39 is 0 Å². The molecule has 0 amide bonds. The molecular formula is C5H11S2. The molecule has 0 fully saturated rings. The van der Waals surface area contributed by atoms with Crippen LogP contribution in [0.25, 0.3) is 0 Å². The van der Waals surface area contributed by atoms with Crippen molar-refractivity contribution in [3.05, 3.63) is 0 Å². The van der Waals surface area contributed by atoms with Crippen molar-refractivity contribution >= 4 is 25.3 Å². The van der Waals surface area contributed by atoms with Gasteiger partial charge >= 0.3 is 0 Å². The standard InChI is InChI=1S/C5H11S2/c1-5(4-7)2-3-6/h5,7H,2-4H2,1H3. The largest absolute Gasteiger partial charge is 0.179 e. The second kappa shape index (κ2) is 4.85. The summed E-state index contributed by atoms with van der Waals surface area (Å²) in [6.07, 6.45) is 1.14. The molecule has 1 radical (unpaired) electrons. The van der Waals surface area contributed by atoms with Gasteiger partial charge in [0.1, 0.15) is 0 Å². The highest BCUT2D eigenvalue weighted by molar-refractivity contribution is 7.80. The van der Waals surface area contributed by atoms with Crippen LogP contribution < -0.4 is 0 Å². The molecule has 0 aromatic rings. The lowest BCUT2D eigenvalue weighted by Gasteiger charge is -2.01. The maximum Gasteiger partial charge on any atom is 0.00397 e. The molecule has 0 rings (SSSR count). The van der Waals surface area contributed by atoms with E-state index in [-0.39, 0.29) is 0 Å². The van der Waals surface area contributed by atoms with Gasteiger partial charge < -0.3 is 0 Å². The van der Waals surface area contributed by atoms with Crippen LogP contribution in [0.5, 0.6) is 0 Å². The van der Waals surface area contributed by atoms with Gasteiger partial charge in [0.15, 0.2) is 0 Å². The van der Waals surface area contributed by atoms with Gasteiger partial charge in [-0.25, -0.2) is 0 Å². The van der Waals surface area contributed by atoms with Crippen LogP contribution in [-0.4, -0.2) is 11.5 Å². The summed E-state index contributed by atoms with van der Waals surface area (Å²) in [7, 11) is 0. The van der Waals surface area contributed by atoms with Gasteiger partial charge in [0.25, 0.3) is 0 Å². The number of hydrogen-bond donors (Lipinski definition) is 1. The maximum absolute atomic E-state index is 4.76. The molecule has 0 saturated carbocycles. The fraction of sp³-hybridized carbons (Fsp3) is 1.00. The van der Waals surface area contributed by atoms with E-state index in [9.17, 15) is 0 Å². The van der Waals surface area contributed by atoms with Crippen molar-refractivity contribution < 1.29 is 0 Å². The Hall–Kier alpha value is 0.700. The molecule has 0 spiro atoms. The molecule has 0 aromatic carbocycles. The van der Waals surface area contributed by atoms with Crippen LogP contribution >= 0.6 is 25.3 Å². The van der Waals surface area contributed by atoms with Gasteiger partial charge in [-0.3, -0.25) is 0 Å². The third-order valence-electron chi connectivity index (χ3n) is 0.922. The molecule has 0 N–H and O–H groups in total. The summed E-state index contributed by atoms with van der Waals surface area (Å²) in [5, 5.41) is 0. The second-order valence-electron chi connectivity index (χ2n) is 1.78. The molecule has 0 saturated heterocycles. The molecule has 0 aliphatic carbocycles. The Labute approximate surface area is 56.5 Å². The normalized spacial score (nSPS) is 14.1. The van der Waals surface area contributed by atoms with Gasteiger partial charge in [0, 0.05) is 5.75 Å². The van der Waals surface area contributed by atoms with Crippen molar-refractivity contribution in [3.63, 3.8) is 0 Å². The van der Waals surface area contributed by atoms with E-state index in [1.807, 2.05) is 0 Å². The molecular weight excluding hydrogens is 124 g/mol. The van der Waals surface area contributed by atoms with E-state index in [1.54, 1.807) is 0 Å². The molecule has 1 unspecified atom stereocenters. The molecule has 43 valence electrons. The quantitative estimate of drug-likeness (QED) is 0.563. The van der Waals surface area contributed by atoms with E-state index in [2.05, 4.69) is 19.6 Å². The van der Waals surface area contributed by atoms with Crippen molar-refractivity contribution in [2.45, 2.75) is 13.3 Å². The highest BCUT2D eigenvalue weighted by Crippen LogP contribution is 2.03. The molecule has 1 atom stereocenters. The average Bonchev–Trinajstić information content (AvgIpc) is 1.68. The first kappa shape index (κ1) is 7.70. The average molecular weight is 135 g/mol. The van der Waals surface area contributed by atoms with Crippen LogP contribution in [0.15, 0.2) is 0 Å². The molecule has 2 heteroatoms. The summed E-state index contributed by atoms with van der Waals surface area (Å²) in [6.45, 7) is 2.17. The minimum absolute atomic E-state index is 0.709. The van der Waals surface area contributed by atoms with Gasteiger partial charge in [-0.2, -0.15) is 12.6 Å². The molecule has 7 heavy (non-hydrogen) atoms. The predicted molar refractivity (Wildman–Crippen MR) is 40.1 cm³/mol. The predicted octanol–water partition coefficient (Wildman–Crippen LogP) is 2.14. The van der Waals surface area contributed by atoms with Crippen LogP contribution in [0.3, 0.4) is 0 Å². The zero-order valence-corrected chi connectivity index (χ0v) is 6.27. The van der Waals surface area contributed by atoms with Crippen molar-refractivity contribution in [3.8, 4) is 0 Å². The van der Waals surface area contributed by atoms with Crippen LogP contribution in [0.4, 0.5) is 0 Å². The monoisotopic (exact) mass is 135 g/mol. The van der Waals surface area contributed by atoms with Crippen LogP contribution in [0.1, 0.15) is 13.3 Å². The third-order valence-corrected chi connectivity index (χ3v) is 1.78. The Kier molecular flexibility index (Phi) is 5.33. The fourth-order valence-electron chi connectivity index (χ4n) is 0.292. The maximum atomic E-state index is 4.76. The lowest BCUT2D eigenvalue weighted by atomic mass is 10.2. The van der Waals surface area contributed by atoms with Gasteiger partial charge in [0.05, 0.1) is 0 Å². The van der Waals surface area contributed by atoms with Gasteiger partial charge in [0.2, 0.25) is 0 Å². The Morgan fingerprint density at radius 1 is 1.71 bits per heavy atom. The Bertz CT molecular complexity index is 37.1. The molecule has 0 heterocycles. The molecule has 0 aliphatic heterocycles. The first-order chi connectivity index (χ1) is 3.31. The van der Waals surface area contributed by atoms with E-state index in [4.69, 9.17) is 12.6 Å². The van der Waals surface area contributed by atoms with E-state index in [1.165, 1.54) is 0 Å². The van der Waals surface area contributed by atoms with E-state index in [0.29, 0.717) is 5.92 Å². The first-order valence-corrected chi connectivity index (χ1v) is 3.71. The summed E-state index contributed by atoms with van der Waals surface area (Å²) in [5.41, 5.74) is 0. The molecule has 0 nitrogen and oxygen atoms in total. The fourth-order valence-corrected chi connectivity index (χ4v) is 0.877. The Balaban J connectivity index is 2.83. The number of rotatable bonds is 3. The van der Waals surface area contributed by atoms with Crippen molar-refractivity contribution in [1.82, 2.24) is 0 Å². The summed E-state index contributed by atoms with van der Waals surface area (Å²) in [6, 6.07) is 0. The number of hydrogen-bond acceptors (Lipinski definition) is 1. The van der Waals surface area contributed by atoms with E-state index >= 15 is 0 Å². The van der Waals surface area contributed by atoms with Crippen LogP contribution in [0.2, 0.25) is 0 Å². The van der Waals surface area contributed by atoms with Gasteiger partial charge in [-0.1, -0.05) is 19.6 Å². The molecule has 0 aliphatic rings. The van der Waals surface area contributed by atoms with Crippen LogP contribution in [-0.2, 0) is 0 Å². The second-order valence-corrected chi connectivity index (χ2v) is 2.55. The van der Waals surface area contributed by atoms with E-state index in [0.717, 1.165) is 17.9 Å². The minimum atomic E-state index is 0.709. The Morgan fingerprint density at radius 2 is 2.29 bits per heavy atom. The minimum Gasteiger partial charge on any atom is -0.179 e. The highest BCUT2D eigenvalue weighted by atomic mass is 32.1. The summed E-state index contributed by atoms with van der Waals surface area (Å²) >= 11 is 8.86. The highest BCUT2D eigenvalue weighted by Gasteiger charge is 1.94. The Morgan fingerprint density at radius 3 is 2.43 bits per heavy atom. The summed E-state index contributed by atoms with van der Waals surface area (Å²) in [4.78, 5) is 0. The smallest absolute Gasteiger partial charge is 0.00397 e. The molecule has 0 bridgehead atoms. The lowest BCUT2D eigenvalue weighted by molar-refractivity contribution is 0.646. The number of thiol groups is 1. The zero-order valence-electron chi connectivity index (χ0n) is 4.55.